The van der Waals surface area contributed by atoms with Gasteiger partial charge in [-0.05, 0) is 79.9 Å². The molecular formula is C29H29F2N3O3. The summed E-state index contributed by atoms with van der Waals surface area (Å²) in [5.74, 6) is 0.532. The molecule has 0 aliphatic carbocycles. The Hall–Kier alpha value is -4.20. The highest BCUT2D eigenvalue weighted by atomic mass is 19.3. The number of hydrogen-bond donors (Lipinski definition) is 1. The summed E-state index contributed by atoms with van der Waals surface area (Å²) in [6.45, 7) is 1.96. The molecule has 0 aromatic heterocycles. The van der Waals surface area contributed by atoms with Crippen LogP contribution in [0.2, 0.25) is 0 Å². The van der Waals surface area contributed by atoms with E-state index in [2.05, 4.69) is 34.0 Å². The molecule has 8 heteroatoms. The van der Waals surface area contributed by atoms with E-state index < -0.39 is 12.0 Å². The van der Waals surface area contributed by atoms with Gasteiger partial charge in [0, 0.05) is 35.1 Å². The van der Waals surface area contributed by atoms with E-state index in [-0.39, 0.29) is 11.7 Å². The third-order valence-corrected chi connectivity index (χ3v) is 6.45. The number of amides is 1. The first kappa shape index (κ1) is 25.9. The van der Waals surface area contributed by atoms with Crippen LogP contribution in [-0.4, -0.2) is 32.4 Å². The third kappa shape index (κ3) is 5.63. The van der Waals surface area contributed by atoms with Crippen LogP contribution in [0.25, 0.3) is 0 Å². The molecule has 37 heavy (non-hydrogen) atoms. The molecule has 192 valence electrons. The first-order chi connectivity index (χ1) is 17.9. The Morgan fingerprint density at radius 3 is 2.57 bits per heavy atom. The predicted octanol–water partition coefficient (Wildman–Crippen LogP) is 5.94. The quantitative estimate of drug-likeness (QED) is 0.289. The number of hydrazone groups is 1. The summed E-state index contributed by atoms with van der Waals surface area (Å²) in [5, 5.41) is 4.14. The Morgan fingerprint density at radius 2 is 1.86 bits per heavy atom. The van der Waals surface area contributed by atoms with Crippen molar-refractivity contribution < 1.29 is 23.0 Å². The lowest BCUT2D eigenvalue weighted by atomic mass is 9.76. The molecule has 4 rings (SSSR count). The number of hydrogen-bond acceptors (Lipinski definition) is 5. The number of fused-ring (bicyclic) bond motifs is 1. The molecule has 1 amide bonds. The van der Waals surface area contributed by atoms with E-state index in [1.165, 1.54) is 6.07 Å². The van der Waals surface area contributed by atoms with Crippen LogP contribution in [0.15, 0.2) is 89.7 Å². The van der Waals surface area contributed by atoms with Gasteiger partial charge in [0.2, 0.25) is 0 Å². The molecule has 6 nitrogen and oxygen atoms in total. The Labute approximate surface area is 215 Å². The van der Waals surface area contributed by atoms with E-state index >= 15 is 0 Å². The van der Waals surface area contributed by atoms with Crippen LogP contribution < -0.4 is 19.8 Å². The van der Waals surface area contributed by atoms with Crippen LogP contribution in [0, 0.1) is 0 Å². The molecule has 0 bridgehead atoms. The molecule has 1 unspecified atom stereocenters. The Bertz CT molecular complexity index is 1310. The SMILES string of the molecule is CCN1/C(=C\C=N\NC(=O)c2ccccc2)C(C)(Cc2cccc(OC(F)F)c2)c2cc(OC)ccc21. The first-order valence-electron chi connectivity index (χ1n) is 11.9. The van der Waals surface area contributed by atoms with Crippen molar-refractivity contribution in [3.63, 3.8) is 0 Å². The topological polar surface area (TPSA) is 63.2 Å². The van der Waals surface area contributed by atoms with Gasteiger partial charge in [-0.2, -0.15) is 13.9 Å². The van der Waals surface area contributed by atoms with Crippen LogP contribution in [0.5, 0.6) is 11.5 Å². The van der Waals surface area contributed by atoms with Gasteiger partial charge in [-0.25, -0.2) is 5.43 Å². The summed E-state index contributed by atoms with van der Waals surface area (Å²) < 4.78 is 35.8. The van der Waals surface area contributed by atoms with Crippen molar-refractivity contribution in [2.75, 3.05) is 18.6 Å². The highest BCUT2D eigenvalue weighted by Crippen LogP contribution is 2.50. The van der Waals surface area contributed by atoms with Crippen LogP contribution in [0.3, 0.4) is 0 Å². The standard InChI is InChI=1S/C29H29F2N3O3/c1-4-34-25-14-13-22(36-3)18-24(25)29(2,19-20-9-8-12-23(17-20)37-28(30)31)26(34)15-16-32-33-27(35)21-10-6-5-7-11-21/h5-18,28H,4,19H2,1-3H3,(H,33,35)/b26-15-,32-16+. The fraction of sp³-hybridized carbons (Fsp3) is 0.241. The Kier molecular flexibility index (Phi) is 7.86. The van der Waals surface area contributed by atoms with E-state index in [9.17, 15) is 13.6 Å². The number of ether oxygens (including phenoxy) is 2. The minimum atomic E-state index is -2.89. The minimum absolute atomic E-state index is 0.114. The van der Waals surface area contributed by atoms with E-state index in [0.717, 1.165) is 28.3 Å². The highest BCUT2D eigenvalue weighted by molar-refractivity contribution is 5.94. The van der Waals surface area contributed by atoms with Gasteiger partial charge in [0.15, 0.2) is 0 Å². The normalized spacial score (nSPS) is 17.9. The lowest BCUT2D eigenvalue weighted by molar-refractivity contribution is -0.0498. The van der Waals surface area contributed by atoms with E-state index in [0.29, 0.717) is 18.5 Å². The Morgan fingerprint density at radius 1 is 1.08 bits per heavy atom. The largest absolute Gasteiger partial charge is 0.497 e. The summed E-state index contributed by atoms with van der Waals surface area (Å²) in [4.78, 5) is 14.5. The number of methoxy groups -OCH3 is 1. The van der Waals surface area contributed by atoms with Crippen LogP contribution in [0.4, 0.5) is 14.5 Å². The van der Waals surface area contributed by atoms with Gasteiger partial charge >= 0.3 is 6.61 Å². The first-order valence-corrected chi connectivity index (χ1v) is 11.9. The second kappa shape index (κ2) is 11.2. The number of nitrogens with one attached hydrogen (secondary N) is 1. The van der Waals surface area contributed by atoms with Crippen molar-refractivity contribution in [1.82, 2.24) is 5.43 Å². The molecule has 0 spiro atoms. The molecule has 1 aliphatic rings. The molecule has 3 aromatic carbocycles. The number of benzene rings is 3. The zero-order chi connectivity index (χ0) is 26.4. The Balaban J connectivity index is 1.69. The molecule has 0 saturated heterocycles. The molecule has 0 fully saturated rings. The van der Waals surface area contributed by atoms with E-state index in [4.69, 9.17) is 4.74 Å². The number of rotatable bonds is 9. The lowest BCUT2D eigenvalue weighted by Crippen LogP contribution is -2.31. The van der Waals surface area contributed by atoms with Gasteiger partial charge in [-0.1, -0.05) is 30.3 Å². The van der Waals surface area contributed by atoms with Gasteiger partial charge in [0.25, 0.3) is 5.91 Å². The zero-order valence-electron chi connectivity index (χ0n) is 20.9. The summed E-state index contributed by atoms with van der Waals surface area (Å²) in [6.07, 6.45) is 3.96. The number of anilines is 1. The fourth-order valence-electron chi connectivity index (χ4n) is 4.78. The lowest BCUT2D eigenvalue weighted by Gasteiger charge is -2.30. The number of carbonyl (C=O) groups excluding carboxylic acids is 1. The van der Waals surface area contributed by atoms with Crippen molar-refractivity contribution in [2.24, 2.45) is 5.10 Å². The second-order valence-corrected chi connectivity index (χ2v) is 8.80. The molecule has 0 saturated carbocycles. The number of alkyl halides is 2. The number of likely N-dealkylation sites (N-methyl/N-ethyl adjacent to an activating group) is 1. The van der Waals surface area contributed by atoms with Crippen molar-refractivity contribution in [3.05, 3.63) is 101 Å². The molecular weight excluding hydrogens is 476 g/mol. The molecule has 3 aromatic rings. The maximum atomic E-state index is 12.8. The summed E-state index contributed by atoms with van der Waals surface area (Å²) in [7, 11) is 1.62. The van der Waals surface area contributed by atoms with Gasteiger partial charge in [0.05, 0.1) is 7.11 Å². The molecule has 1 N–H and O–H groups in total. The van der Waals surface area contributed by atoms with E-state index in [1.54, 1.807) is 49.7 Å². The van der Waals surface area contributed by atoms with E-state index in [1.807, 2.05) is 36.4 Å². The van der Waals surface area contributed by atoms with Gasteiger partial charge in [-0.15, -0.1) is 0 Å². The molecule has 0 radical (unpaired) electrons. The zero-order valence-corrected chi connectivity index (χ0v) is 20.9. The number of halogens is 2. The number of carbonyl (C=O) groups is 1. The molecule has 1 heterocycles. The van der Waals surface area contributed by atoms with Gasteiger partial charge in [0.1, 0.15) is 11.5 Å². The number of nitrogens with zero attached hydrogens (tertiary/aromatic N) is 2. The monoisotopic (exact) mass is 505 g/mol. The second-order valence-electron chi connectivity index (χ2n) is 8.80. The predicted molar refractivity (Wildman–Crippen MR) is 141 cm³/mol. The number of allylic oxidation sites excluding steroid dienone is 2. The third-order valence-electron chi connectivity index (χ3n) is 6.45. The summed E-state index contributed by atoms with van der Waals surface area (Å²) >= 11 is 0. The molecule has 1 atom stereocenters. The minimum Gasteiger partial charge on any atom is -0.497 e. The van der Waals surface area contributed by atoms with Gasteiger partial charge in [-0.3, -0.25) is 4.79 Å². The van der Waals surface area contributed by atoms with Crippen LogP contribution in [-0.2, 0) is 11.8 Å². The van der Waals surface area contributed by atoms with Crippen LogP contribution in [0.1, 0.15) is 35.3 Å². The average molecular weight is 506 g/mol. The van der Waals surface area contributed by atoms with Crippen LogP contribution >= 0.6 is 0 Å². The van der Waals surface area contributed by atoms with Crippen molar-refractivity contribution in [1.29, 1.82) is 0 Å². The smallest absolute Gasteiger partial charge is 0.387 e. The fourth-order valence-corrected chi connectivity index (χ4v) is 4.78. The molecule has 1 aliphatic heterocycles. The van der Waals surface area contributed by atoms with Crippen molar-refractivity contribution >= 4 is 17.8 Å². The average Bonchev–Trinajstić information content (AvgIpc) is 3.13. The summed E-state index contributed by atoms with van der Waals surface area (Å²) in [5.41, 5.74) is 6.39. The van der Waals surface area contributed by atoms with Crippen molar-refractivity contribution in [2.45, 2.75) is 32.3 Å². The van der Waals surface area contributed by atoms with Crippen molar-refractivity contribution in [3.8, 4) is 11.5 Å². The summed E-state index contributed by atoms with van der Waals surface area (Å²) in [6, 6.07) is 21.5. The maximum absolute atomic E-state index is 12.8. The highest BCUT2D eigenvalue weighted by Gasteiger charge is 2.43. The van der Waals surface area contributed by atoms with Gasteiger partial charge < -0.3 is 14.4 Å². The maximum Gasteiger partial charge on any atom is 0.387 e.